The third-order valence-electron chi connectivity index (χ3n) is 4.58. The van der Waals surface area contributed by atoms with Gasteiger partial charge in [-0.3, -0.25) is 5.10 Å². The van der Waals surface area contributed by atoms with Gasteiger partial charge in [-0.05, 0) is 38.0 Å². The number of anilines is 2. The van der Waals surface area contributed by atoms with E-state index in [1.165, 1.54) is 19.3 Å². The largest absolute Gasteiger partial charge is 0.367 e. The number of hydrogen-bond acceptors (Lipinski definition) is 5. The molecular weight excluding hydrogens is 264 g/mol. The Morgan fingerprint density at radius 2 is 2.10 bits per heavy atom. The highest BCUT2D eigenvalue weighted by atomic mass is 15.2. The molecule has 0 bridgehead atoms. The van der Waals surface area contributed by atoms with Crippen molar-refractivity contribution in [2.75, 3.05) is 17.2 Å². The first kappa shape index (κ1) is 14.1. The first-order valence-corrected chi connectivity index (χ1v) is 7.89. The molecule has 0 aliphatic heterocycles. The quantitative estimate of drug-likeness (QED) is 0.806. The zero-order valence-corrected chi connectivity index (χ0v) is 13.0. The van der Waals surface area contributed by atoms with Gasteiger partial charge in [0.05, 0.1) is 11.6 Å². The number of aromatic amines is 1. The topological polar surface area (TPSA) is 78.5 Å². The van der Waals surface area contributed by atoms with Crippen LogP contribution in [0.1, 0.15) is 40.0 Å². The van der Waals surface area contributed by atoms with E-state index in [0.717, 1.165) is 35.2 Å². The van der Waals surface area contributed by atoms with Crippen molar-refractivity contribution < 1.29 is 0 Å². The summed E-state index contributed by atoms with van der Waals surface area (Å²) < 4.78 is 0. The summed E-state index contributed by atoms with van der Waals surface area (Å²) in [5.74, 6) is 3.11. The van der Waals surface area contributed by atoms with E-state index in [1.807, 2.05) is 6.92 Å². The molecule has 0 amide bonds. The van der Waals surface area contributed by atoms with Gasteiger partial charge in [0, 0.05) is 12.6 Å². The minimum Gasteiger partial charge on any atom is -0.367 e. The van der Waals surface area contributed by atoms with Crippen LogP contribution in [-0.4, -0.2) is 32.8 Å². The van der Waals surface area contributed by atoms with E-state index in [4.69, 9.17) is 0 Å². The van der Waals surface area contributed by atoms with Crippen LogP contribution in [0.4, 0.5) is 11.8 Å². The maximum Gasteiger partial charge on any atom is 0.226 e. The molecule has 3 unspecified atom stereocenters. The molecule has 1 saturated carbocycles. The molecule has 0 saturated heterocycles. The summed E-state index contributed by atoms with van der Waals surface area (Å²) in [5, 5.41) is 14.8. The maximum atomic E-state index is 4.61. The first-order valence-electron chi connectivity index (χ1n) is 7.89. The SMILES string of the molecule is CCNc1nc(NC2CCC(C)C(C)C2)c2cn[nH]c2n1. The number of nitrogens with zero attached hydrogens (tertiary/aromatic N) is 3. The molecular formula is C15H24N6. The Labute approximate surface area is 125 Å². The van der Waals surface area contributed by atoms with Crippen LogP contribution >= 0.6 is 0 Å². The van der Waals surface area contributed by atoms with E-state index in [1.54, 1.807) is 6.20 Å². The minimum atomic E-state index is 0.485. The fourth-order valence-electron chi connectivity index (χ4n) is 3.05. The third-order valence-corrected chi connectivity index (χ3v) is 4.58. The number of aromatic nitrogens is 4. The molecule has 1 aliphatic carbocycles. The molecule has 0 aromatic carbocycles. The second-order valence-corrected chi connectivity index (χ2v) is 6.17. The average molecular weight is 288 g/mol. The highest BCUT2D eigenvalue weighted by molar-refractivity contribution is 5.87. The highest BCUT2D eigenvalue weighted by Crippen LogP contribution is 2.32. The average Bonchev–Trinajstić information content (AvgIpc) is 2.92. The summed E-state index contributed by atoms with van der Waals surface area (Å²) in [6.45, 7) is 7.54. The lowest BCUT2D eigenvalue weighted by Crippen LogP contribution is -2.30. The number of fused-ring (bicyclic) bond motifs is 1. The molecule has 2 heterocycles. The monoisotopic (exact) mass is 288 g/mol. The molecule has 2 aromatic rings. The molecule has 3 N–H and O–H groups in total. The Kier molecular flexibility index (Phi) is 3.94. The zero-order chi connectivity index (χ0) is 14.8. The fourth-order valence-corrected chi connectivity index (χ4v) is 3.05. The standard InChI is InChI=1S/C15H24N6/c1-4-16-15-19-13(12-8-17-21-14(12)20-15)18-11-6-5-9(2)10(3)7-11/h8-11H,4-7H2,1-3H3,(H3,16,17,18,19,20,21). The van der Waals surface area contributed by atoms with Crippen molar-refractivity contribution in [3.63, 3.8) is 0 Å². The Morgan fingerprint density at radius 1 is 1.24 bits per heavy atom. The van der Waals surface area contributed by atoms with Gasteiger partial charge in [0.25, 0.3) is 0 Å². The molecule has 114 valence electrons. The molecule has 1 fully saturated rings. The summed E-state index contributed by atoms with van der Waals surface area (Å²) >= 11 is 0. The van der Waals surface area contributed by atoms with Crippen molar-refractivity contribution >= 4 is 22.8 Å². The van der Waals surface area contributed by atoms with Gasteiger partial charge in [-0.2, -0.15) is 15.1 Å². The van der Waals surface area contributed by atoms with Crippen molar-refractivity contribution in [2.24, 2.45) is 11.8 Å². The summed E-state index contributed by atoms with van der Waals surface area (Å²) in [6, 6.07) is 0.485. The van der Waals surface area contributed by atoms with Gasteiger partial charge in [0.1, 0.15) is 5.82 Å². The van der Waals surface area contributed by atoms with Crippen molar-refractivity contribution in [3.05, 3.63) is 6.20 Å². The van der Waals surface area contributed by atoms with E-state index in [-0.39, 0.29) is 0 Å². The van der Waals surface area contributed by atoms with Gasteiger partial charge in [0.2, 0.25) is 5.95 Å². The lowest BCUT2D eigenvalue weighted by Gasteiger charge is -2.32. The lowest BCUT2D eigenvalue weighted by atomic mass is 9.79. The molecule has 0 spiro atoms. The fraction of sp³-hybridized carbons (Fsp3) is 0.667. The van der Waals surface area contributed by atoms with Gasteiger partial charge >= 0.3 is 0 Å². The molecule has 6 heteroatoms. The smallest absolute Gasteiger partial charge is 0.226 e. The van der Waals surface area contributed by atoms with E-state index in [2.05, 4.69) is 44.6 Å². The molecule has 1 aliphatic rings. The van der Waals surface area contributed by atoms with Gasteiger partial charge in [-0.15, -0.1) is 0 Å². The van der Waals surface area contributed by atoms with Crippen LogP contribution in [0.15, 0.2) is 6.20 Å². The Balaban J connectivity index is 1.83. The predicted molar refractivity (Wildman–Crippen MR) is 85.4 cm³/mol. The number of nitrogens with one attached hydrogen (secondary N) is 3. The molecule has 21 heavy (non-hydrogen) atoms. The summed E-state index contributed by atoms with van der Waals surface area (Å²) in [4.78, 5) is 9.03. The van der Waals surface area contributed by atoms with Crippen LogP contribution in [-0.2, 0) is 0 Å². The number of hydrogen-bond donors (Lipinski definition) is 3. The van der Waals surface area contributed by atoms with Gasteiger partial charge in [0.15, 0.2) is 5.65 Å². The summed E-state index contributed by atoms with van der Waals surface area (Å²) in [6.07, 6.45) is 5.47. The summed E-state index contributed by atoms with van der Waals surface area (Å²) in [5.41, 5.74) is 0.778. The highest BCUT2D eigenvalue weighted by Gasteiger charge is 2.25. The van der Waals surface area contributed by atoms with Crippen molar-refractivity contribution in [2.45, 2.75) is 46.1 Å². The van der Waals surface area contributed by atoms with Gasteiger partial charge in [-0.25, -0.2) is 0 Å². The Bertz CT molecular complexity index is 607. The number of rotatable bonds is 4. The molecule has 0 radical (unpaired) electrons. The van der Waals surface area contributed by atoms with Gasteiger partial charge in [-0.1, -0.05) is 13.8 Å². The molecule has 6 nitrogen and oxygen atoms in total. The van der Waals surface area contributed by atoms with E-state index in [0.29, 0.717) is 12.0 Å². The lowest BCUT2D eigenvalue weighted by molar-refractivity contribution is 0.260. The van der Waals surface area contributed by atoms with E-state index in [9.17, 15) is 0 Å². The molecule has 3 atom stereocenters. The zero-order valence-electron chi connectivity index (χ0n) is 13.0. The third kappa shape index (κ3) is 2.94. The maximum absolute atomic E-state index is 4.61. The van der Waals surface area contributed by atoms with Crippen molar-refractivity contribution in [1.82, 2.24) is 20.2 Å². The number of H-pyrrole nitrogens is 1. The molecule has 3 rings (SSSR count). The van der Waals surface area contributed by atoms with E-state index >= 15 is 0 Å². The van der Waals surface area contributed by atoms with Crippen LogP contribution in [0, 0.1) is 11.8 Å². The van der Waals surface area contributed by atoms with Crippen LogP contribution in [0.2, 0.25) is 0 Å². The van der Waals surface area contributed by atoms with E-state index < -0.39 is 0 Å². The van der Waals surface area contributed by atoms with Crippen molar-refractivity contribution in [1.29, 1.82) is 0 Å². The van der Waals surface area contributed by atoms with Crippen LogP contribution < -0.4 is 10.6 Å². The first-order chi connectivity index (χ1) is 10.2. The summed E-state index contributed by atoms with van der Waals surface area (Å²) in [7, 11) is 0. The van der Waals surface area contributed by atoms with Crippen LogP contribution in [0.5, 0.6) is 0 Å². The minimum absolute atomic E-state index is 0.485. The predicted octanol–water partition coefficient (Wildman–Crippen LogP) is 3.02. The van der Waals surface area contributed by atoms with Crippen LogP contribution in [0.3, 0.4) is 0 Å². The van der Waals surface area contributed by atoms with Gasteiger partial charge < -0.3 is 10.6 Å². The Morgan fingerprint density at radius 3 is 2.86 bits per heavy atom. The van der Waals surface area contributed by atoms with Crippen LogP contribution in [0.25, 0.3) is 11.0 Å². The Hall–Kier alpha value is -1.85. The normalized spacial score (nSPS) is 26.0. The van der Waals surface area contributed by atoms with Crippen molar-refractivity contribution in [3.8, 4) is 0 Å². The molecule has 2 aromatic heterocycles. The second-order valence-electron chi connectivity index (χ2n) is 6.17. The second kappa shape index (κ2) is 5.87.